The molecule has 7 heteroatoms. The van der Waals surface area contributed by atoms with E-state index in [1.54, 1.807) is 24.3 Å². The molecule has 0 fully saturated rings. The van der Waals surface area contributed by atoms with Crippen molar-refractivity contribution in [2.75, 3.05) is 18.4 Å². The monoisotopic (exact) mass is 341 g/mol. The smallest absolute Gasteiger partial charge is 0.423 e. The molecule has 0 aromatic heterocycles. The number of anilines is 1. The molecule has 0 aliphatic rings. The zero-order valence-electron chi connectivity index (χ0n) is 14.1. The van der Waals surface area contributed by atoms with E-state index in [1.807, 2.05) is 30.3 Å². The number of benzene rings is 2. The van der Waals surface area contributed by atoms with E-state index in [2.05, 4.69) is 10.6 Å². The molecule has 25 heavy (non-hydrogen) atoms. The van der Waals surface area contributed by atoms with Crippen molar-refractivity contribution in [2.45, 2.75) is 18.9 Å². The number of nitrogens with one attached hydrogen (secondary N) is 2. The summed E-state index contributed by atoms with van der Waals surface area (Å²) in [4.78, 5) is 12.0. The van der Waals surface area contributed by atoms with Gasteiger partial charge in [0, 0.05) is 18.8 Å². The third-order valence-electron chi connectivity index (χ3n) is 3.83. The van der Waals surface area contributed by atoms with Gasteiger partial charge in [0.25, 0.3) is 0 Å². The molecule has 1 amide bonds. The van der Waals surface area contributed by atoms with Crippen molar-refractivity contribution >= 4 is 24.2 Å². The number of hydrogen-bond acceptors (Lipinski definition) is 5. The first-order valence-electron chi connectivity index (χ1n) is 8.33. The largest absolute Gasteiger partial charge is 0.488 e. The van der Waals surface area contributed by atoms with E-state index >= 15 is 0 Å². The lowest BCUT2D eigenvalue weighted by molar-refractivity contribution is -0.122. The first-order chi connectivity index (χ1) is 12.1. The Kier molecular flexibility index (Phi) is 7.47. The Labute approximate surface area is 148 Å². The highest BCUT2D eigenvalue weighted by Crippen LogP contribution is 2.04. The van der Waals surface area contributed by atoms with E-state index < -0.39 is 13.2 Å². The van der Waals surface area contributed by atoms with Crippen molar-refractivity contribution < 1.29 is 14.8 Å². The van der Waals surface area contributed by atoms with Gasteiger partial charge in [-0.15, -0.1) is 0 Å². The summed E-state index contributed by atoms with van der Waals surface area (Å²) >= 11 is 0. The number of hydrogen-bond donors (Lipinski definition) is 5. The Hall–Kier alpha value is -2.35. The van der Waals surface area contributed by atoms with Gasteiger partial charge in [0.2, 0.25) is 5.91 Å². The highest BCUT2D eigenvalue weighted by molar-refractivity contribution is 6.58. The van der Waals surface area contributed by atoms with Crippen molar-refractivity contribution in [3.05, 3.63) is 60.2 Å². The van der Waals surface area contributed by atoms with Crippen LogP contribution in [-0.4, -0.2) is 42.2 Å². The molecular formula is C18H24BN3O3. The summed E-state index contributed by atoms with van der Waals surface area (Å²) in [5.41, 5.74) is 8.27. The molecule has 0 spiro atoms. The second kappa shape index (κ2) is 9.83. The quantitative estimate of drug-likeness (QED) is 0.322. The molecule has 0 aliphatic heterocycles. The zero-order valence-corrected chi connectivity index (χ0v) is 14.1. The van der Waals surface area contributed by atoms with Gasteiger partial charge in [-0.05, 0) is 36.0 Å². The number of nitrogens with two attached hydrogens (primary N) is 1. The number of carbonyl (C=O) groups excluding carboxylic acids is 1. The van der Waals surface area contributed by atoms with E-state index in [0.29, 0.717) is 18.4 Å². The third kappa shape index (κ3) is 6.58. The molecule has 1 atom stereocenters. The molecule has 6 N–H and O–H groups in total. The second-order valence-electron chi connectivity index (χ2n) is 5.86. The second-order valence-corrected chi connectivity index (χ2v) is 5.86. The van der Waals surface area contributed by atoms with Crippen LogP contribution in [0, 0.1) is 0 Å². The van der Waals surface area contributed by atoms with Gasteiger partial charge in [-0.1, -0.05) is 42.5 Å². The molecular weight excluding hydrogens is 317 g/mol. The standard InChI is InChI=1S/C18H24BN3O3/c20-17(13-14-7-9-15(10-8-14)19(24)25)18(23)22-12-4-11-21-16-5-2-1-3-6-16/h1-3,5-10,17,21,24-25H,4,11-13,20H2,(H,22,23)/t17-/m0/s1. The maximum absolute atomic E-state index is 12.0. The van der Waals surface area contributed by atoms with Crippen molar-refractivity contribution in [3.63, 3.8) is 0 Å². The number of amides is 1. The van der Waals surface area contributed by atoms with E-state index in [1.165, 1.54) is 0 Å². The van der Waals surface area contributed by atoms with Crippen LogP contribution in [0.3, 0.4) is 0 Å². The first-order valence-corrected chi connectivity index (χ1v) is 8.33. The fourth-order valence-electron chi connectivity index (χ4n) is 2.39. The maximum atomic E-state index is 12.0. The average Bonchev–Trinajstić information content (AvgIpc) is 2.62. The minimum atomic E-state index is -1.49. The zero-order chi connectivity index (χ0) is 18.1. The molecule has 132 valence electrons. The molecule has 0 aliphatic carbocycles. The molecule has 2 aromatic rings. The van der Waals surface area contributed by atoms with E-state index in [9.17, 15) is 4.79 Å². The van der Waals surface area contributed by atoms with Gasteiger partial charge in [0.15, 0.2) is 0 Å². The lowest BCUT2D eigenvalue weighted by atomic mass is 9.80. The van der Waals surface area contributed by atoms with Crippen molar-refractivity contribution in [2.24, 2.45) is 5.73 Å². The Morgan fingerprint density at radius 1 is 1.04 bits per heavy atom. The van der Waals surface area contributed by atoms with Crippen molar-refractivity contribution in [1.29, 1.82) is 0 Å². The van der Waals surface area contributed by atoms with Crippen LogP contribution in [0.4, 0.5) is 5.69 Å². The topological polar surface area (TPSA) is 108 Å². The Morgan fingerprint density at radius 2 is 1.72 bits per heavy atom. The van der Waals surface area contributed by atoms with Crippen molar-refractivity contribution in [3.8, 4) is 0 Å². The van der Waals surface area contributed by atoms with Crippen LogP contribution < -0.4 is 21.8 Å². The predicted molar refractivity (Wildman–Crippen MR) is 101 cm³/mol. The molecule has 2 rings (SSSR count). The maximum Gasteiger partial charge on any atom is 0.488 e. The molecule has 0 bridgehead atoms. The van der Waals surface area contributed by atoms with Crippen molar-refractivity contribution in [1.82, 2.24) is 5.32 Å². The van der Waals surface area contributed by atoms with Gasteiger partial charge in [-0.2, -0.15) is 0 Å². The van der Waals surface area contributed by atoms with E-state index in [4.69, 9.17) is 15.8 Å². The van der Waals surface area contributed by atoms with Gasteiger partial charge in [-0.25, -0.2) is 0 Å². The highest BCUT2D eigenvalue weighted by atomic mass is 16.4. The first kappa shape index (κ1) is 19.0. The summed E-state index contributed by atoms with van der Waals surface area (Å²) in [7, 11) is -1.49. The van der Waals surface area contributed by atoms with Crippen LogP contribution in [0.15, 0.2) is 54.6 Å². The minimum absolute atomic E-state index is 0.189. The van der Waals surface area contributed by atoms with Crippen LogP contribution in [0.5, 0.6) is 0 Å². The van der Waals surface area contributed by atoms with E-state index in [0.717, 1.165) is 24.2 Å². The summed E-state index contributed by atoms with van der Waals surface area (Å²) < 4.78 is 0. The molecule has 0 unspecified atom stereocenters. The Bertz CT molecular complexity index is 650. The molecule has 2 aromatic carbocycles. The molecule has 0 saturated carbocycles. The van der Waals surface area contributed by atoms with Crippen LogP contribution in [-0.2, 0) is 11.2 Å². The molecule has 0 heterocycles. The lowest BCUT2D eigenvalue weighted by Crippen LogP contribution is -2.42. The average molecular weight is 341 g/mol. The van der Waals surface area contributed by atoms with E-state index in [-0.39, 0.29) is 5.91 Å². The summed E-state index contributed by atoms with van der Waals surface area (Å²) in [6.07, 6.45) is 1.20. The fourth-order valence-corrected chi connectivity index (χ4v) is 2.39. The SMILES string of the molecule is N[C@@H](Cc1ccc(B(O)O)cc1)C(=O)NCCCNc1ccccc1. The van der Waals surface area contributed by atoms with Crippen LogP contribution in [0.2, 0.25) is 0 Å². The number of rotatable bonds is 9. The molecule has 0 radical (unpaired) electrons. The molecule has 6 nitrogen and oxygen atoms in total. The van der Waals surface area contributed by atoms with Gasteiger partial charge < -0.3 is 26.4 Å². The highest BCUT2D eigenvalue weighted by Gasteiger charge is 2.15. The third-order valence-corrected chi connectivity index (χ3v) is 3.83. The van der Waals surface area contributed by atoms with Crippen LogP contribution in [0.25, 0.3) is 0 Å². The predicted octanol–water partition coefficient (Wildman–Crippen LogP) is -0.145. The normalized spacial score (nSPS) is 11.6. The van der Waals surface area contributed by atoms with Gasteiger partial charge >= 0.3 is 7.12 Å². The Morgan fingerprint density at radius 3 is 2.36 bits per heavy atom. The lowest BCUT2D eigenvalue weighted by Gasteiger charge is -2.13. The van der Waals surface area contributed by atoms with Gasteiger partial charge in [-0.3, -0.25) is 4.79 Å². The summed E-state index contributed by atoms with van der Waals surface area (Å²) in [6, 6.07) is 16.0. The van der Waals surface area contributed by atoms with Crippen LogP contribution in [0.1, 0.15) is 12.0 Å². The Balaban J connectivity index is 1.66. The summed E-state index contributed by atoms with van der Waals surface area (Å²) in [5, 5.41) is 24.2. The fraction of sp³-hybridized carbons (Fsp3) is 0.278. The summed E-state index contributed by atoms with van der Waals surface area (Å²) in [6.45, 7) is 1.33. The molecule has 0 saturated heterocycles. The number of para-hydroxylation sites is 1. The summed E-state index contributed by atoms with van der Waals surface area (Å²) in [5.74, 6) is -0.189. The van der Waals surface area contributed by atoms with Crippen LogP contribution >= 0.6 is 0 Å². The van der Waals surface area contributed by atoms with Gasteiger partial charge in [0.1, 0.15) is 0 Å². The van der Waals surface area contributed by atoms with Gasteiger partial charge in [0.05, 0.1) is 6.04 Å². The number of carbonyl (C=O) groups is 1. The minimum Gasteiger partial charge on any atom is -0.423 e.